The topological polar surface area (TPSA) is 37.3 Å². The van der Waals surface area contributed by atoms with Gasteiger partial charge in [-0.25, -0.2) is 0 Å². The Hall–Kier alpha value is -0.790. The second kappa shape index (κ2) is 2.85. The first kappa shape index (κ1) is 9.75. The number of aliphatic hydroxyl groups excluding tert-OH is 1. The van der Waals surface area contributed by atoms with Gasteiger partial charge in [-0.3, -0.25) is 4.79 Å². The van der Waals surface area contributed by atoms with E-state index in [4.69, 9.17) is 5.11 Å². The summed E-state index contributed by atoms with van der Waals surface area (Å²) in [4.78, 5) is 12.0. The first-order chi connectivity index (χ1) is 6.50. The van der Waals surface area contributed by atoms with Gasteiger partial charge in [0.05, 0.1) is 6.26 Å². The minimum Gasteiger partial charge on any atom is -0.515 e. The predicted molar refractivity (Wildman–Crippen MR) is 54.9 cm³/mol. The number of rotatable bonds is 0. The van der Waals surface area contributed by atoms with Crippen LogP contribution in [0.5, 0.6) is 0 Å². The minimum absolute atomic E-state index is 0.124. The van der Waals surface area contributed by atoms with Crippen molar-refractivity contribution in [1.82, 2.24) is 0 Å². The Morgan fingerprint density at radius 2 is 2.07 bits per heavy atom. The Balaban J connectivity index is 2.44. The average molecular weight is 194 g/mol. The fourth-order valence-corrected chi connectivity index (χ4v) is 3.38. The molecular weight excluding hydrogens is 176 g/mol. The van der Waals surface area contributed by atoms with Crippen molar-refractivity contribution in [2.24, 2.45) is 23.2 Å². The highest BCUT2D eigenvalue weighted by Gasteiger charge is 2.55. The van der Waals surface area contributed by atoms with Gasteiger partial charge in [0.15, 0.2) is 5.78 Å². The third-order valence-electron chi connectivity index (χ3n) is 4.30. The molecule has 0 aromatic heterocycles. The van der Waals surface area contributed by atoms with E-state index in [1.54, 1.807) is 0 Å². The monoisotopic (exact) mass is 194 g/mol. The molecule has 0 amide bonds. The van der Waals surface area contributed by atoms with Crippen molar-refractivity contribution in [3.63, 3.8) is 0 Å². The molecule has 2 rings (SSSR count). The van der Waals surface area contributed by atoms with Gasteiger partial charge in [0.25, 0.3) is 0 Å². The van der Waals surface area contributed by atoms with Crippen LogP contribution < -0.4 is 0 Å². The first-order valence-electron chi connectivity index (χ1n) is 5.39. The van der Waals surface area contributed by atoms with Crippen LogP contribution in [0.1, 0.15) is 33.6 Å². The number of aliphatic hydroxyl groups is 1. The lowest BCUT2D eigenvalue weighted by atomic mass is 9.77. The van der Waals surface area contributed by atoms with E-state index in [-0.39, 0.29) is 17.1 Å². The molecule has 2 fully saturated rings. The highest BCUT2D eigenvalue weighted by molar-refractivity contribution is 6.01. The molecular formula is C12H18O2. The molecule has 0 bridgehead atoms. The van der Waals surface area contributed by atoms with Crippen molar-refractivity contribution in [2.75, 3.05) is 0 Å². The van der Waals surface area contributed by atoms with Gasteiger partial charge in [-0.05, 0) is 30.1 Å². The second-order valence-corrected chi connectivity index (χ2v) is 5.32. The summed E-state index contributed by atoms with van der Waals surface area (Å²) in [6.45, 7) is 6.31. The van der Waals surface area contributed by atoms with Crippen LogP contribution >= 0.6 is 0 Å². The van der Waals surface area contributed by atoms with E-state index in [9.17, 15) is 4.79 Å². The predicted octanol–water partition coefficient (Wildman–Crippen LogP) is 2.70. The largest absolute Gasteiger partial charge is 0.515 e. The third kappa shape index (κ3) is 0.999. The van der Waals surface area contributed by atoms with E-state index in [0.717, 1.165) is 19.1 Å². The van der Waals surface area contributed by atoms with Gasteiger partial charge < -0.3 is 5.11 Å². The molecule has 0 radical (unpaired) electrons. The van der Waals surface area contributed by atoms with Crippen LogP contribution in [0.3, 0.4) is 0 Å². The van der Waals surface area contributed by atoms with Crippen LogP contribution in [-0.2, 0) is 4.79 Å². The quantitative estimate of drug-likeness (QED) is 0.475. The normalized spacial score (nSPS) is 43.2. The van der Waals surface area contributed by atoms with Crippen LogP contribution in [0.4, 0.5) is 0 Å². The summed E-state index contributed by atoms with van der Waals surface area (Å²) in [7, 11) is 0. The molecule has 0 aromatic rings. The molecule has 2 heteroatoms. The standard InChI is InChI=1S/C12H18O2/c1-7-4-5-8-10(7)11(14)9(6-13)12(8,2)3/h6-8,10,13H,4-5H2,1-3H3/b9-6+. The van der Waals surface area contributed by atoms with Crippen molar-refractivity contribution >= 4 is 5.78 Å². The Kier molecular flexibility index (Phi) is 1.98. The van der Waals surface area contributed by atoms with E-state index >= 15 is 0 Å². The SMILES string of the molecule is CC1CCC2C1C(=O)/C(=C\O)C2(C)C. The lowest BCUT2D eigenvalue weighted by Gasteiger charge is -2.25. The van der Waals surface area contributed by atoms with Gasteiger partial charge in [-0.2, -0.15) is 0 Å². The van der Waals surface area contributed by atoms with E-state index in [1.807, 2.05) is 0 Å². The number of carbonyl (C=O) groups excluding carboxylic acids is 1. The maximum Gasteiger partial charge on any atom is 0.166 e. The Morgan fingerprint density at radius 1 is 1.43 bits per heavy atom. The molecule has 0 aromatic carbocycles. The van der Waals surface area contributed by atoms with Crippen LogP contribution in [0.2, 0.25) is 0 Å². The van der Waals surface area contributed by atoms with Crippen LogP contribution in [0, 0.1) is 23.2 Å². The number of fused-ring (bicyclic) bond motifs is 1. The number of ketones is 1. The minimum atomic E-state index is -0.124. The zero-order valence-electron chi connectivity index (χ0n) is 9.08. The maximum absolute atomic E-state index is 12.0. The molecule has 0 aliphatic heterocycles. The molecule has 0 heterocycles. The second-order valence-electron chi connectivity index (χ2n) is 5.32. The summed E-state index contributed by atoms with van der Waals surface area (Å²) in [5.74, 6) is 1.29. The van der Waals surface area contributed by atoms with E-state index in [0.29, 0.717) is 17.4 Å². The highest BCUT2D eigenvalue weighted by atomic mass is 16.2. The van der Waals surface area contributed by atoms with Crippen molar-refractivity contribution < 1.29 is 9.90 Å². The average Bonchev–Trinajstić information content (AvgIpc) is 2.55. The number of Topliss-reactive ketones (excluding diaryl/α,β-unsaturated/α-hetero) is 1. The summed E-state index contributed by atoms with van der Waals surface area (Å²) < 4.78 is 0. The van der Waals surface area contributed by atoms with Crippen LogP contribution in [0.25, 0.3) is 0 Å². The maximum atomic E-state index is 12.0. The number of allylic oxidation sites excluding steroid dienone is 1. The first-order valence-corrected chi connectivity index (χ1v) is 5.39. The zero-order valence-corrected chi connectivity index (χ0v) is 9.08. The smallest absolute Gasteiger partial charge is 0.166 e. The van der Waals surface area contributed by atoms with E-state index < -0.39 is 0 Å². The third-order valence-corrected chi connectivity index (χ3v) is 4.30. The zero-order chi connectivity index (χ0) is 10.5. The molecule has 2 aliphatic carbocycles. The Labute approximate surface area is 85.0 Å². The molecule has 1 N–H and O–H groups in total. The molecule has 2 saturated carbocycles. The molecule has 3 atom stereocenters. The Bertz CT molecular complexity index is 301. The van der Waals surface area contributed by atoms with Crippen molar-refractivity contribution in [3.05, 3.63) is 11.8 Å². The van der Waals surface area contributed by atoms with Gasteiger partial charge >= 0.3 is 0 Å². The number of hydrogen-bond donors (Lipinski definition) is 1. The molecule has 0 spiro atoms. The molecule has 2 nitrogen and oxygen atoms in total. The van der Waals surface area contributed by atoms with Gasteiger partial charge in [0.2, 0.25) is 0 Å². The van der Waals surface area contributed by atoms with E-state index in [1.165, 1.54) is 0 Å². The fraction of sp³-hybridized carbons (Fsp3) is 0.750. The number of carbonyl (C=O) groups is 1. The lowest BCUT2D eigenvalue weighted by Crippen LogP contribution is -2.20. The van der Waals surface area contributed by atoms with Crippen molar-refractivity contribution in [2.45, 2.75) is 33.6 Å². The van der Waals surface area contributed by atoms with Gasteiger partial charge in [0.1, 0.15) is 0 Å². The Morgan fingerprint density at radius 3 is 2.57 bits per heavy atom. The van der Waals surface area contributed by atoms with Crippen LogP contribution in [-0.4, -0.2) is 10.9 Å². The van der Waals surface area contributed by atoms with Gasteiger partial charge in [-0.15, -0.1) is 0 Å². The molecule has 78 valence electrons. The number of hydrogen-bond acceptors (Lipinski definition) is 2. The summed E-state index contributed by atoms with van der Waals surface area (Å²) in [6, 6.07) is 0. The van der Waals surface area contributed by atoms with Gasteiger partial charge in [0, 0.05) is 11.5 Å². The molecule has 2 aliphatic rings. The summed E-state index contributed by atoms with van der Waals surface area (Å²) in [5.41, 5.74) is 0.514. The summed E-state index contributed by atoms with van der Waals surface area (Å²) in [6.07, 6.45) is 3.32. The summed E-state index contributed by atoms with van der Waals surface area (Å²) >= 11 is 0. The molecule has 14 heavy (non-hydrogen) atoms. The highest BCUT2D eigenvalue weighted by Crippen LogP contribution is 2.57. The molecule has 3 unspecified atom stereocenters. The van der Waals surface area contributed by atoms with Crippen LogP contribution in [0.15, 0.2) is 11.8 Å². The van der Waals surface area contributed by atoms with Crippen molar-refractivity contribution in [3.8, 4) is 0 Å². The lowest BCUT2D eigenvalue weighted by molar-refractivity contribution is -0.119. The van der Waals surface area contributed by atoms with Gasteiger partial charge in [-0.1, -0.05) is 20.8 Å². The molecule has 0 saturated heterocycles. The van der Waals surface area contributed by atoms with E-state index in [2.05, 4.69) is 20.8 Å². The van der Waals surface area contributed by atoms with Crippen molar-refractivity contribution in [1.29, 1.82) is 0 Å². The fourth-order valence-electron chi connectivity index (χ4n) is 3.38. The summed E-state index contributed by atoms with van der Waals surface area (Å²) in [5, 5.41) is 9.13.